The summed E-state index contributed by atoms with van der Waals surface area (Å²) >= 11 is 0. The van der Waals surface area contributed by atoms with E-state index in [2.05, 4.69) is 57.2 Å². The summed E-state index contributed by atoms with van der Waals surface area (Å²) in [7, 11) is 0. The average molecular weight is 398 g/mol. The summed E-state index contributed by atoms with van der Waals surface area (Å²) in [5.41, 5.74) is 6.50. The number of nitrogens with zero attached hydrogens (tertiary/aromatic N) is 3. The number of fused-ring (bicyclic) bond motifs is 1. The van der Waals surface area contributed by atoms with Crippen molar-refractivity contribution in [1.82, 2.24) is 14.9 Å². The van der Waals surface area contributed by atoms with Crippen molar-refractivity contribution >= 4 is 22.4 Å². The SMILES string of the molecule is Cc1ccc(N2CN(CCc3nc4ccccc4[nH]3)C=C2c2ccc(F)cc2)cc1. The van der Waals surface area contributed by atoms with Crippen molar-refractivity contribution in [1.29, 1.82) is 0 Å². The van der Waals surface area contributed by atoms with Gasteiger partial charge in [0.25, 0.3) is 0 Å². The van der Waals surface area contributed by atoms with Crippen LogP contribution in [0.2, 0.25) is 0 Å². The first-order valence-corrected chi connectivity index (χ1v) is 10.2. The largest absolute Gasteiger partial charge is 0.357 e. The molecule has 3 aromatic carbocycles. The van der Waals surface area contributed by atoms with E-state index in [0.29, 0.717) is 0 Å². The lowest BCUT2D eigenvalue weighted by molar-refractivity contribution is 0.408. The number of hydrogen-bond acceptors (Lipinski definition) is 3. The lowest BCUT2D eigenvalue weighted by Crippen LogP contribution is -2.28. The molecule has 5 heteroatoms. The molecule has 2 heterocycles. The van der Waals surface area contributed by atoms with Crippen LogP contribution in [0.3, 0.4) is 0 Å². The van der Waals surface area contributed by atoms with Gasteiger partial charge in [-0.05, 0) is 61.0 Å². The van der Waals surface area contributed by atoms with Crippen LogP contribution in [0.1, 0.15) is 17.0 Å². The van der Waals surface area contributed by atoms with Crippen molar-refractivity contribution in [3.8, 4) is 0 Å². The Hall–Kier alpha value is -3.60. The molecule has 0 saturated heterocycles. The molecule has 1 aromatic heterocycles. The van der Waals surface area contributed by atoms with Gasteiger partial charge in [0.1, 0.15) is 11.6 Å². The topological polar surface area (TPSA) is 35.2 Å². The van der Waals surface area contributed by atoms with E-state index in [1.165, 1.54) is 17.7 Å². The minimum absolute atomic E-state index is 0.221. The number of anilines is 1. The number of hydrogen-bond donors (Lipinski definition) is 1. The lowest BCUT2D eigenvalue weighted by Gasteiger charge is -2.24. The molecule has 30 heavy (non-hydrogen) atoms. The third-order valence-corrected chi connectivity index (χ3v) is 5.48. The van der Waals surface area contributed by atoms with Crippen LogP contribution >= 0.6 is 0 Å². The number of aromatic amines is 1. The minimum Gasteiger partial charge on any atom is -0.357 e. The molecular formula is C25H23FN4. The summed E-state index contributed by atoms with van der Waals surface area (Å²) < 4.78 is 13.5. The third kappa shape index (κ3) is 3.66. The van der Waals surface area contributed by atoms with E-state index >= 15 is 0 Å². The van der Waals surface area contributed by atoms with Gasteiger partial charge in [-0.2, -0.15) is 0 Å². The van der Waals surface area contributed by atoms with Crippen LogP contribution < -0.4 is 4.90 Å². The first-order chi connectivity index (χ1) is 14.7. The van der Waals surface area contributed by atoms with Crippen LogP contribution in [0.5, 0.6) is 0 Å². The van der Waals surface area contributed by atoms with Crippen molar-refractivity contribution in [2.45, 2.75) is 13.3 Å². The second-order valence-electron chi connectivity index (χ2n) is 7.69. The molecule has 5 rings (SSSR count). The maximum Gasteiger partial charge on any atom is 0.123 e. The van der Waals surface area contributed by atoms with Crippen LogP contribution in [0, 0.1) is 12.7 Å². The molecule has 0 fully saturated rings. The van der Waals surface area contributed by atoms with Gasteiger partial charge in [-0.15, -0.1) is 0 Å². The second-order valence-corrected chi connectivity index (χ2v) is 7.69. The predicted octanol–water partition coefficient (Wildman–Crippen LogP) is 5.33. The minimum atomic E-state index is -0.221. The summed E-state index contributed by atoms with van der Waals surface area (Å²) in [5, 5.41) is 0. The van der Waals surface area contributed by atoms with Gasteiger partial charge in [-0.1, -0.05) is 29.8 Å². The number of aryl methyl sites for hydroxylation is 1. The highest BCUT2D eigenvalue weighted by Gasteiger charge is 2.23. The van der Waals surface area contributed by atoms with Crippen LogP contribution in [-0.4, -0.2) is 28.1 Å². The fourth-order valence-corrected chi connectivity index (χ4v) is 3.85. The zero-order chi connectivity index (χ0) is 20.5. The van der Waals surface area contributed by atoms with Crippen molar-refractivity contribution in [2.75, 3.05) is 18.1 Å². The van der Waals surface area contributed by atoms with Crippen LogP contribution in [0.4, 0.5) is 10.1 Å². The molecule has 1 aliphatic heterocycles. The van der Waals surface area contributed by atoms with Gasteiger partial charge in [-0.3, -0.25) is 0 Å². The molecule has 1 N–H and O–H groups in total. The molecule has 0 amide bonds. The van der Waals surface area contributed by atoms with Crippen molar-refractivity contribution in [2.24, 2.45) is 0 Å². The number of H-pyrrole nitrogens is 1. The van der Waals surface area contributed by atoms with E-state index in [-0.39, 0.29) is 5.82 Å². The van der Waals surface area contributed by atoms with Gasteiger partial charge in [-0.25, -0.2) is 9.37 Å². The quantitative estimate of drug-likeness (QED) is 0.493. The smallest absolute Gasteiger partial charge is 0.123 e. The van der Waals surface area contributed by atoms with E-state index in [1.807, 2.05) is 36.4 Å². The molecule has 1 aliphatic rings. The Balaban J connectivity index is 1.39. The van der Waals surface area contributed by atoms with E-state index in [9.17, 15) is 4.39 Å². The summed E-state index contributed by atoms with van der Waals surface area (Å²) in [6.45, 7) is 3.67. The summed E-state index contributed by atoms with van der Waals surface area (Å²) in [6, 6.07) is 23.3. The Morgan fingerprint density at radius 1 is 0.967 bits per heavy atom. The van der Waals surface area contributed by atoms with Crippen LogP contribution in [0.25, 0.3) is 16.7 Å². The van der Waals surface area contributed by atoms with E-state index in [1.54, 1.807) is 0 Å². The van der Waals surface area contributed by atoms with Gasteiger partial charge in [0.2, 0.25) is 0 Å². The number of halogens is 1. The number of nitrogens with one attached hydrogen (secondary N) is 1. The Labute approximate surface area is 175 Å². The molecule has 0 bridgehead atoms. The molecule has 0 atom stereocenters. The summed E-state index contributed by atoms with van der Waals surface area (Å²) in [5.74, 6) is 0.766. The molecule has 0 saturated carbocycles. The maximum atomic E-state index is 13.5. The Morgan fingerprint density at radius 3 is 2.50 bits per heavy atom. The molecular weight excluding hydrogens is 375 g/mol. The van der Waals surface area contributed by atoms with Crippen molar-refractivity contribution < 1.29 is 4.39 Å². The monoisotopic (exact) mass is 398 g/mol. The van der Waals surface area contributed by atoms with Crippen LogP contribution in [-0.2, 0) is 6.42 Å². The Bertz CT molecular complexity index is 1160. The van der Waals surface area contributed by atoms with Crippen LogP contribution in [0.15, 0.2) is 79.0 Å². The van der Waals surface area contributed by atoms with E-state index < -0.39 is 0 Å². The molecule has 4 aromatic rings. The van der Waals surface area contributed by atoms with Gasteiger partial charge in [0, 0.05) is 24.9 Å². The summed E-state index contributed by atoms with van der Waals surface area (Å²) in [6.07, 6.45) is 2.99. The van der Waals surface area contributed by atoms with Crippen molar-refractivity contribution in [3.05, 3.63) is 102 Å². The van der Waals surface area contributed by atoms with Gasteiger partial charge >= 0.3 is 0 Å². The fourth-order valence-electron chi connectivity index (χ4n) is 3.85. The van der Waals surface area contributed by atoms with E-state index in [4.69, 9.17) is 0 Å². The standard InChI is InChI=1S/C25H23FN4/c1-18-6-12-21(13-7-18)30-17-29(16-24(30)19-8-10-20(26)11-9-19)15-14-25-27-22-4-2-3-5-23(22)28-25/h2-13,16H,14-15,17H2,1H3,(H,27,28). The summed E-state index contributed by atoms with van der Waals surface area (Å²) in [4.78, 5) is 12.6. The number of rotatable bonds is 5. The molecule has 0 aliphatic carbocycles. The van der Waals surface area contributed by atoms with E-state index in [0.717, 1.165) is 53.4 Å². The number of imidazole rings is 1. The molecule has 0 radical (unpaired) electrons. The van der Waals surface area contributed by atoms with Gasteiger partial charge in [0.05, 0.1) is 23.4 Å². The fraction of sp³-hybridized carbons (Fsp3) is 0.160. The molecule has 150 valence electrons. The zero-order valence-corrected chi connectivity index (χ0v) is 16.8. The normalized spacial score (nSPS) is 13.9. The highest BCUT2D eigenvalue weighted by atomic mass is 19.1. The lowest BCUT2D eigenvalue weighted by atomic mass is 10.1. The second kappa shape index (κ2) is 7.67. The molecule has 4 nitrogen and oxygen atoms in total. The Morgan fingerprint density at radius 2 is 1.73 bits per heavy atom. The maximum absolute atomic E-state index is 13.5. The molecule has 0 spiro atoms. The number of benzene rings is 3. The van der Waals surface area contributed by atoms with Gasteiger partial charge < -0.3 is 14.8 Å². The average Bonchev–Trinajstić information content (AvgIpc) is 3.37. The number of aromatic nitrogens is 2. The number of para-hydroxylation sites is 2. The van der Waals surface area contributed by atoms with Gasteiger partial charge in [0.15, 0.2) is 0 Å². The zero-order valence-electron chi connectivity index (χ0n) is 16.8. The first kappa shape index (κ1) is 18.4. The predicted molar refractivity (Wildman–Crippen MR) is 119 cm³/mol. The first-order valence-electron chi connectivity index (χ1n) is 10.2. The highest BCUT2D eigenvalue weighted by molar-refractivity contribution is 5.81. The van der Waals surface area contributed by atoms with Crippen molar-refractivity contribution in [3.63, 3.8) is 0 Å². The molecule has 0 unspecified atom stereocenters. The third-order valence-electron chi connectivity index (χ3n) is 5.48. The Kier molecular flexibility index (Phi) is 4.71. The highest BCUT2D eigenvalue weighted by Crippen LogP contribution is 2.31.